The van der Waals surface area contributed by atoms with Crippen molar-refractivity contribution >= 4 is 27.9 Å². The highest BCUT2D eigenvalue weighted by atomic mass is 32.1. The number of carbonyl (C=O) groups excluding carboxylic acids is 1. The van der Waals surface area contributed by atoms with E-state index in [-0.39, 0.29) is 0 Å². The van der Waals surface area contributed by atoms with Gasteiger partial charge in [-0.15, -0.1) is 11.3 Å². The van der Waals surface area contributed by atoms with E-state index in [9.17, 15) is 4.79 Å². The zero-order valence-corrected chi connectivity index (χ0v) is 9.63. The summed E-state index contributed by atoms with van der Waals surface area (Å²) in [5.74, 6) is -0.483. The first kappa shape index (κ1) is 11.8. The third-order valence-electron chi connectivity index (χ3n) is 1.98. The maximum Gasteiger partial charge on any atom is 0.260 e. The number of amides is 1. The summed E-state index contributed by atoms with van der Waals surface area (Å²) in [4.78, 5) is 13.4. The van der Waals surface area contributed by atoms with Crippen molar-refractivity contribution in [3.05, 3.63) is 10.9 Å². The van der Waals surface area contributed by atoms with Crippen LogP contribution in [0, 0.1) is 0 Å². The third-order valence-corrected chi connectivity index (χ3v) is 3.26. The normalized spacial score (nSPS) is 10.3. The molecule has 0 saturated heterocycles. The highest BCUT2D eigenvalue weighted by molar-refractivity contribution is 7.18. The van der Waals surface area contributed by atoms with Crippen LogP contribution >= 0.6 is 11.3 Å². The molecule has 0 fully saturated rings. The monoisotopic (exact) mass is 229 g/mol. The lowest BCUT2D eigenvalue weighted by Crippen LogP contribution is -2.20. The molecular weight excluding hydrogens is 214 g/mol. The summed E-state index contributed by atoms with van der Waals surface area (Å²) >= 11 is 1.30. The molecule has 1 heterocycles. The van der Waals surface area contributed by atoms with E-state index in [1.165, 1.54) is 11.3 Å². The van der Waals surface area contributed by atoms with Gasteiger partial charge >= 0.3 is 0 Å². The van der Waals surface area contributed by atoms with Crippen molar-refractivity contribution in [3.63, 3.8) is 0 Å². The molecule has 0 aromatic carbocycles. The Morgan fingerprint density at radius 2 is 2.33 bits per heavy atom. The predicted octanol–water partition coefficient (Wildman–Crippen LogP) is 0.512. The topological polar surface area (TPSA) is 81.6 Å². The van der Waals surface area contributed by atoms with E-state index in [1.807, 2.05) is 11.9 Å². The highest BCUT2D eigenvalue weighted by Gasteiger charge is 2.13. The molecule has 1 rings (SSSR count). The van der Waals surface area contributed by atoms with Crippen LogP contribution in [0.5, 0.6) is 0 Å². The van der Waals surface area contributed by atoms with Crippen LogP contribution in [0.1, 0.15) is 9.67 Å². The van der Waals surface area contributed by atoms with Crippen LogP contribution in [0.3, 0.4) is 0 Å². The van der Waals surface area contributed by atoms with Crippen LogP contribution in [0.4, 0.5) is 10.7 Å². The Labute approximate surface area is 92.6 Å². The number of nitrogen functional groups attached to an aromatic ring is 1. The molecule has 5 nitrogen and oxygen atoms in total. The molecule has 4 N–H and O–H groups in total. The second-order valence-electron chi connectivity index (χ2n) is 3.15. The smallest absolute Gasteiger partial charge is 0.260 e. The molecule has 0 spiro atoms. The number of anilines is 2. The maximum absolute atomic E-state index is 11.0. The number of primary amides is 1. The Kier molecular flexibility index (Phi) is 3.93. The van der Waals surface area contributed by atoms with Gasteiger partial charge in [0.05, 0.1) is 17.3 Å². The van der Waals surface area contributed by atoms with Crippen LogP contribution in [0.2, 0.25) is 0 Å². The lowest BCUT2D eigenvalue weighted by Gasteiger charge is -2.15. The maximum atomic E-state index is 11.0. The molecule has 0 aliphatic heterocycles. The first-order chi connectivity index (χ1) is 7.06. The van der Waals surface area contributed by atoms with Crippen LogP contribution in [-0.4, -0.2) is 33.2 Å². The molecular formula is C9H15N3O2S. The lowest BCUT2D eigenvalue weighted by molar-refractivity contribution is 0.100. The Morgan fingerprint density at radius 1 is 1.67 bits per heavy atom. The minimum Gasteiger partial charge on any atom is -0.397 e. The van der Waals surface area contributed by atoms with Gasteiger partial charge in [0.2, 0.25) is 0 Å². The molecule has 0 bridgehead atoms. The highest BCUT2D eigenvalue weighted by Crippen LogP contribution is 2.30. The van der Waals surface area contributed by atoms with Crippen molar-refractivity contribution in [1.82, 2.24) is 0 Å². The van der Waals surface area contributed by atoms with Crippen molar-refractivity contribution in [2.75, 3.05) is 37.9 Å². The van der Waals surface area contributed by atoms with E-state index in [0.717, 1.165) is 11.5 Å². The van der Waals surface area contributed by atoms with E-state index in [0.29, 0.717) is 17.2 Å². The summed E-state index contributed by atoms with van der Waals surface area (Å²) in [6.07, 6.45) is 0. The summed E-state index contributed by atoms with van der Waals surface area (Å²) in [5.41, 5.74) is 11.3. The molecule has 0 radical (unpaired) electrons. The van der Waals surface area contributed by atoms with Crippen molar-refractivity contribution in [1.29, 1.82) is 0 Å². The number of nitrogens with zero attached hydrogens (tertiary/aromatic N) is 1. The number of methoxy groups -OCH3 is 1. The van der Waals surface area contributed by atoms with Crippen molar-refractivity contribution in [3.8, 4) is 0 Å². The Hall–Kier alpha value is -1.27. The first-order valence-corrected chi connectivity index (χ1v) is 5.27. The average Bonchev–Trinajstić information content (AvgIpc) is 2.56. The van der Waals surface area contributed by atoms with Gasteiger partial charge in [0.15, 0.2) is 0 Å². The molecule has 0 saturated carbocycles. The van der Waals surface area contributed by atoms with Crippen LogP contribution in [0.25, 0.3) is 0 Å². The summed E-state index contributed by atoms with van der Waals surface area (Å²) in [6.45, 7) is 1.37. The zero-order valence-electron chi connectivity index (χ0n) is 8.82. The third kappa shape index (κ3) is 2.84. The minimum absolute atomic E-state index is 0.411. The fraction of sp³-hybridized carbons (Fsp3) is 0.444. The first-order valence-electron chi connectivity index (χ1n) is 4.45. The molecule has 0 aliphatic carbocycles. The number of hydrogen-bond donors (Lipinski definition) is 2. The summed E-state index contributed by atoms with van der Waals surface area (Å²) in [6, 6.07) is 1.75. The van der Waals surface area contributed by atoms with E-state index in [2.05, 4.69) is 0 Å². The van der Waals surface area contributed by atoms with Gasteiger partial charge in [-0.1, -0.05) is 0 Å². The number of carbonyl (C=O) groups is 1. The molecule has 15 heavy (non-hydrogen) atoms. The van der Waals surface area contributed by atoms with Crippen LogP contribution < -0.4 is 16.4 Å². The Morgan fingerprint density at radius 3 is 2.80 bits per heavy atom. The number of ether oxygens (including phenoxy) is 1. The molecule has 1 aromatic heterocycles. The van der Waals surface area contributed by atoms with Crippen LogP contribution in [0.15, 0.2) is 6.07 Å². The minimum atomic E-state index is -0.483. The van der Waals surface area contributed by atoms with Crippen molar-refractivity contribution in [2.45, 2.75) is 0 Å². The molecule has 0 unspecified atom stereocenters. The number of nitrogens with two attached hydrogens (primary N) is 2. The fourth-order valence-corrected chi connectivity index (χ4v) is 2.03. The summed E-state index contributed by atoms with van der Waals surface area (Å²) < 4.78 is 4.96. The molecule has 1 amide bonds. The largest absolute Gasteiger partial charge is 0.397 e. The zero-order chi connectivity index (χ0) is 11.4. The average molecular weight is 229 g/mol. The number of hydrogen-bond acceptors (Lipinski definition) is 5. The van der Waals surface area contributed by atoms with Gasteiger partial charge in [-0.05, 0) is 6.07 Å². The second-order valence-corrected chi connectivity index (χ2v) is 4.18. The van der Waals surface area contributed by atoms with Crippen LogP contribution in [-0.2, 0) is 4.74 Å². The van der Waals surface area contributed by atoms with Crippen molar-refractivity contribution < 1.29 is 9.53 Å². The van der Waals surface area contributed by atoms with Crippen molar-refractivity contribution in [2.24, 2.45) is 5.73 Å². The lowest BCUT2D eigenvalue weighted by atomic mass is 10.4. The van der Waals surface area contributed by atoms with E-state index in [1.54, 1.807) is 13.2 Å². The molecule has 84 valence electrons. The predicted molar refractivity (Wildman–Crippen MR) is 62.4 cm³/mol. The van der Waals surface area contributed by atoms with Gasteiger partial charge in [0, 0.05) is 20.7 Å². The van der Waals surface area contributed by atoms with Gasteiger partial charge in [0.25, 0.3) is 5.91 Å². The van der Waals surface area contributed by atoms with Gasteiger partial charge in [0.1, 0.15) is 4.88 Å². The van der Waals surface area contributed by atoms with E-state index < -0.39 is 5.91 Å². The SMILES string of the molecule is COCCN(C)c1cc(N)c(C(N)=O)s1. The molecule has 6 heteroatoms. The number of likely N-dealkylation sites (N-methyl/N-ethyl adjacent to an activating group) is 1. The summed E-state index contributed by atoms with van der Waals surface area (Å²) in [5, 5.41) is 0.915. The molecule has 1 aromatic rings. The van der Waals surface area contributed by atoms with Gasteiger partial charge in [-0.25, -0.2) is 0 Å². The quantitative estimate of drug-likeness (QED) is 0.771. The molecule has 0 atom stereocenters. The Balaban J connectivity index is 2.78. The fourth-order valence-electron chi connectivity index (χ4n) is 1.11. The molecule has 0 aliphatic rings. The summed E-state index contributed by atoms with van der Waals surface area (Å²) in [7, 11) is 3.56. The second kappa shape index (κ2) is 4.99. The van der Waals surface area contributed by atoms with E-state index in [4.69, 9.17) is 16.2 Å². The van der Waals surface area contributed by atoms with Gasteiger partial charge in [-0.2, -0.15) is 0 Å². The van der Waals surface area contributed by atoms with E-state index >= 15 is 0 Å². The number of thiophene rings is 1. The standard InChI is InChI=1S/C9H15N3O2S/c1-12(3-4-14-2)7-5-6(10)8(15-7)9(11)13/h5H,3-4,10H2,1-2H3,(H2,11,13). The Bertz CT molecular complexity index is 351. The van der Waals surface area contributed by atoms with Gasteiger partial charge in [-0.3, -0.25) is 4.79 Å². The van der Waals surface area contributed by atoms with Gasteiger partial charge < -0.3 is 21.1 Å². The number of rotatable bonds is 5.